The first kappa shape index (κ1) is 19.2. The van der Waals surface area contributed by atoms with E-state index in [0.717, 1.165) is 10.9 Å². The Morgan fingerprint density at radius 3 is 2.52 bits per heavy atom. The van der Waals surface area contributed by atoms with Gasteiger partial charge in [0.2, 0.25) is 11.8 Å². The minimum atomic E-state index is -1.00. The van der Waals surface area contributed by atoms with E-state index in [1.807, 2.05) is 13.0 Å². The number of benzene rings is 1. The van der Waals surface area contributed by atoms with E-state index in [2.05, 4.69) is 26.6 Å². The van der Waals surface area contributed by atoms with Crippen molar-refractivity contribution in [3.63, 3.8) is 0 Å². The first-order chi connectivity index (χ1) is 10.9. The Labute approximate surface area is 143 Å². The first-order valence-electron chi connectivity index (χ1n) is 7.45. The normalized spacial score (nSPS) is 11.6. The fourth-order valence-electron chi connectivity index (χ4n) is 2.00. The molecule has 126 valence electrons. The van der Waals surface area contributed by atoms with Crippen LogP contribution in [0.3, 0.4) is 0 Å². The first-order valence-corrected chi connectivity index (χ1v) is 8.25. The van der Waals surface area contributed by atoms with Gasteiger partial charge in [-0.2, -0.15) is 0 Å². The summed E-state index contributed by atoms with van der Waals surface area (Å²) < 4.78 is 0.804. The summed E-state index contributed by atoms with van der Waals surface area (Å²) >= 11 is 3.32. The van der Waals surface area contributed by atoms with E-state index in [1.54, 1.807) is 18.2 Å². The number of carbonyl (C=O) groups is 3. The fourth-order valence-corrected chi connectivity index (χ4v) is 2.41. The molecule has 0 spiro atoms. The van der Waals surface area contributed by atoms with Crippen molar-refractivity contribution in [3.05, 3.63) is 34.3 Å². The number of rotatable bonds is 9. The van der Waals surface area contributed by atoms with Gasteiger partial charge >= 0.3 is 5.97 Å². The highest BCUT2D eigenvalue weighted by molar-refractivity contribution is 9.10. The largest absolute Gasteiger partial charge is 0.481 e. The Balaban J connectivity index is 2.61. The standard InChI is InChI=1S/C16H21BrN2O4/c1-2-8-18-14(20)6-7-15(21)19-13(10-16(22)23)11-4-3-5-12(17)9-11/h3-5,9,13H,2,6-8,10H2,1H3,(H,18,20)(H,19,21)(H,22,23). The molecule has 0 radical (unpaired) electrons. The number of aliphatic carboxylic acids is 1. The van der Waals surface area contributed by atoms with Gasteiger partial charge in [-0.3, -0.25) is 14.4 Å². The SMILES string of the molecule is CCCNC(=O)CCC(=O)NC(CC(=O)O)c1cccc(Br)c1. The van der Waals surface area contributed by atoms with E-state index in [-0.39, 0.29) is 31.1 Å². The summed E-state index contributed by atoms with van der Waals surface area (Å²) in [6.07, 6.45) is 0.732. The number of amides is 2. The molecule has 0 fully saturated rings. The summed E-state index contributed by atoms with van der Waals surface area (Å²) in [7, 11) is 0. The summed E-state index contributed by atoms with van der Waals surface area (Å²) in [6, 6.07) is 6.49. The van der Waals surface area contributed by atoms with Crippen LogP contribution in [0.15, 0.2) is 28.7 Å². The van der Waals surface area contributed by atoms with Crippen LogP contribution in [0.4, 0.5) is 0 Å². The Hall–Kier alpha value is -1.89. The van der Waals surface area contributed by atoms with Crippen molar-refractivity contribution in [1.29, 1.82) is 0 Å². The van der Waals surface area contributed by atoms with Crippen molar-refractivity contribution >= 4 is 33.7 Å². The third-order valence-electron chi connectivity index (χ3n) is 3.12. The molecule has 1 atom stereocenters. The molecule has 1 aromatic rings. The van der Waals surface area contributed by atoms with Gasteiger partial charge in [-0.1, -0.05) is 35.0 Å². The van der Waals surface area contributed by atoms with Crippen molar-refractivity contribution < 1.29 is 19.5 Å². The molecule has 23 heavy (non-hydrogen) atoms. The van der Waals surface area contributed by atoms with Gasteiger partial charge in [0.15, 0.2) is 0 Å². The number of nitrogens with one attached hydrogen (secondary N) is 2. The maximum Gasteiger partial charge on any atom is 0.305 e. The van der Waals surface area contributed by atoms with E-state index in [0.29, 0.717) is 12.1 Å². The lowest BCUT2D eigenvalue weighted by Crippen LogP contribution is -2.32. The van der Waals surface area contributed by atoms with Crippen LogP contribution < -0.4 is 10.6 Å². The Bertz CT molecular complexity index is 563. The van der Waals surface area contributed by atoms with Crippen molar-refractivity contribution in [2.45, 2.75) is 38.6 Å². The van der Waals surface area contributed by atoms with Gasteiger partial charge in [0.25, 0.3) is 0 Å². The van der Waals surface area contributed by atoms with Crippen LogP contribution in [0.5, 0.6) is 0 Å². The predicted octanol–water partition coefficient (Wildman–Crippen LogP) is 2.39. The van der Waals surface area contributed by atoms with Crippen LogP contribution in [0.25, 0.3) is 0 Å². The highest BCUT2D eigenvalue weighted by Crippen LogP contribution is 2.21. The molecule has 3 N–H and O–H groups in total. The second-order valence-corrected chi connectivity index (χ2v) is 6.04. The second kappa shape index (κ2) is 9.99. The molecule has 0 heterocycles. The molecule has 0 aliphatic rings. The topological polar surface area (TPSA) is 95.5 Å². The molecule has 0 aromatic heterocycles. The van der Waals surface area contributed by atoms with Crippen LogP contribution in [0, 0.1) is 0 Å². The lowest BCUT2D eigenvalue weighted by atomic mass is 10.0. The van der Waals surface area contributed by atoms with E-state index in [9.17, 15) is 14.4 Å². The van der Waals surface area contributed by atoms with Crippen molar-refractivity contribution in [2.24, 2.45) is 0 Å². The number of hydrogen-bond donors (Lipinski definition) is 3. The zero-order valence-electron chi connectivity index (χ0n) is 13.0. The lowest BCUT2D eigenvalue weighted by Gasteiger charge is -2.17. The quantitative estimate of drug-likeness (QED) is 0.608. The smallest absolute Gasteiger partial charge is 0.305 e. The van der Waals surface area contributed by atoms with Crippen LogP contribution in [-0.4, -0.2) is 29.4 Å². The fraction of sp³-hybridized carbons (Fsp3) is 0.438. The Morgan fingerprint density at radius 2 is 1.91 bits per heavy atom. The third kappa shape index (κ3) is 7.78. The molecule has 7 heteroatoms. The average Bonchev–Trinajstić information content (AvgIpc) is 2.49. The van der Waals surface area contributed by atoms with Crippen LogP contribution >= 0.6 is 15.9 Å². The molecule has 1 aromatic carbocycles. The van der Waals surface area contributed by atoms with Crippen LogP contribution in [0.2, 0.25) is 0 Å². The van der Waals surface area contributed by atoms with E-state index in [4.69, 9.17) is 5.11 Å². The number of hydrogen-bond acceptors (Lipinski definition) is 3. The maximum absolute atomic E-state index is 12.0. The summed E-state index contributed by atoms with van der Waals surface area (Å²) in [6.45, 7) is 2.53. The number of halogens is 1. The minimum absolute atomic E-state index is 0.0275. The number of carboxylic acid groups (broad SMARTS) is 1. The summed E-state index contributed by atoms with van der Waals surface area (Å²) in [4.78, 5) is 34.5. The van der Waals surface area contributed by atoms with Crippen LogP contribution in [0.1, 0.15) is 44.2 Å². The molecule has 1 rings (SSSR count). The summed E-state index contributed by atoms with van der Waals surface area (Å²) in [5.74, 6) is -1.53. The molecule has 2 amide bonds. The van der Waals surface area contributed by atoms with Gasteiger partial charge in [0.05, 0.1) is 12.5 Å². The average molecular weight is 385 g/mol. The maximum atomic E-state index is 12.0. The molecule has 0 aliphatic heterocycles. The van der Waals surface area contributed by atoms with E-state index >= 15 is 0 Å². The molecule has 0 aliphatic carbocycles. The number of carboxylic acids is 1. The monoisotopic (exact) mass is 384 g/mol. The number of carbonyl (C=O) groups excluding carboxylic acids is 2. The van der Waals surface area contributed by atoms with Gasteiger partial charge in [0.1, 0.15) is 0 Å². The van der Waals surface area contributed by atoms with Gasteiger partial charge in [-0.05, 0) is 24.1 Å². The van der Waals surface area contributed by atoms with Crippen LogP contribution in [-0.2, 0) is 14.4 Å². The summed E-state index contributed by atoms with van der Waals surface area (Å²) in [5, 5.41) is 14.4. The Kier molecular flexibility index (Phi) is 8.32. The lowest BCUT2D eigenvalue weighted by molar-refractivity contribution is -0.138. The molecule has 0 saturated heterocycles. The second-order valence-electron chi connectivity index (χ2n) is 5.12. The van der Waals surface area contributed by atoms with Gasteiger partial charge < -0.3 is 15.7 Å². The summed E-state index contributed by atoms with van der Waals surface area (Å²) in [5.41, 5.74) is 0.700. The molecule has 6 nitrogen and oxygen atoms in total. The molecular weight excluding hydrogens is 364 g/mol. The molecule has 0 bridgehead atoms. The van der Waals surface area contributed by atoms with Crippen molar-refractivity contribution in [1.82, 2.24) is 10.6 Å². The van der Waals surface area contributed by atoms with Gasteiger partial charge in [-0.25, -0.2) is 0 Å². The molecule has 0 saturated carbocycles. The highest BCUT2D eigenvalue weighted by Gasteiger charge is 2.18. The zero-order valence-corrected chi connectivity index (χ0v) is 14.6. The van der Waals surface area contributed by atoms with Crippen molar-refractivity contribution in [2.75, 3.05) is 6.54 Å². The minimum Gasteiger partial charge on any atom is -0.481 e. The third-order valence-corrected chi connectivity index (χ3v) is 3.61. The van der Waals surface area contributed by atoms with E-state index in [1.165, 1.54) is 0 Å². The zero-order chi connectivity index (χ0) is 17.2. The Morgan fingerprint density at radius 1 is 1.22 bits per heavy atom. The predicted molar refractivity (Wildman–Crippen MR) is 89.8 cm³/mol. The molecule has 1 unspecified atom stereocenters. The van der Waals surface area contributed by atoms with E-state index < -0.39 is 12.0 Å². The highest BCUT2D eigenvalue weighted by atomic mass is 79.9. The van der Waals surface area contributed by atoms with Gasteiger partial charge in [-0.15, -0.1) is 0 Å². The van der Waals surface area contributed by atoms with Crippen molar-refractivity contribution in [3.8, 4) is 0 Å². The molecular formula is C16H21BrN2O4. The van der Waals surface area contributed by atoms with Gasteiger partial charge in [0, 0.05) is 23.9 Å².